The molecule has 6 nitrogen and oxygen atoms in total. The summed E-state index contributed by atoms with van der Waals surface area (Å²) in [6, 6.07) is 16.4. The van der Waals surface area contributed by atoms with Gasteiger partial charge in [0.15, 0.2) is 11.8 Å². The fourth-order valence-corrected chi connectivity index (χ4v) is 3.74. The molecule has 3 rings (SSSR count). The van der Waals surface area contributed by atoms with Crippen LogP contribution in [0.3, 0.4) is 0 Å². The van der Waals surface area contributed by atoms with E-state index < -0.39 is 12.6 Å². The van der Waals surface area contributed by atoms with Crippen LogP contribution < -0.4 is 4.74 Å². The third-order valence-corrected chi connectivity index (χ3v) is 4.84. The maximum atomic E-state index is 12.9. The van der Waals surface area contributed by atoms with Crippen molar-refractivity contribution in [1.29, 1.82) is 0 Å². The maximum absolute atomic E-state index is 12.9. The molecule has 1 fully saturated rings. The summed E-state index contributed by atoms with van der Waals surface area (Å²) in [6.45, 7) is 3.48. The van der Waals surface area contributed by atoms with Crippen LogP contribution in [0.25, 0.3) is 6.08 Å². The van der Waals surface area contributed by atoms with Crippen molar-refractivity contribution < 1.29 is 19.4 Å². The molecule has 1 N–H and O–H groups in total. The molecule has 7 heteroatoms. The predicted octanol–water partition coefficient (Wildman–Crippen LogP) is 4.16. The Morgan fingerprint density at radius 3 is 2.64 bits per heavy atom. The Labute approximate surface area is 167 Å². The molecule has 2 aromatic carbocycles. The number of aliphatic carboxylic acids is 1. The molecule has 2 aromatic rings. The molecule has 0 radical (unpaired) electrons. The topological polar surface area (TPSA) is 79.2 Å². The molecule has 0 unspecified atom stereocenters. The summed E-state index contributed by atoms with van der Waals surface area (Å²) in [4.78, 5) is 30.4. The molecule has 0 aliphatic carbocycles. The highest BCUT2D eigenvalue weighted by atomic mass is 32.2. The SMILES string of the molecule is CC(C)N1C(=O)/C(=C\c2cccc(OCC(=O)O)c2)SC1=Nc1ccccc1. The molecule has 1 amide bonds. The average Bonchev–Trinajstić information content (AvgIpc) is 2.96. The summed E-state index contributed by atoms with van der Waals surface area (Å²) in [5.41, 5.74) is 1.54. The molecule has 144 valence electrons. The quantitative estimate of drug-likeness (QED) is 0.742. The Hall–Kier alpha value is -3.06. The number of carboxylic acids is 1. The zero-order valence-corrected chi connectivity index (χ0v) is 16.3. The van der Waals surface area contributed by atoms with Crippen LogP contribution in [0.1, 0.15) is 19.4 Å². The van der Waals surface area contributed by atoms with E-state index >= 15 is 0 Å². The highest BCUT2D eigenvalue weighted by molar-refractivity contribution is 8.18. The molecule has 1 aliphatic rings. The van der Waals surface area contributed by atoms with Crippen LogP contribution in [0.15, 0.2) is 64.5 Å². The van der Waals surface area contributed by atoms with Crippen LogP contribution in [0.5, 0.6) is 5.75 Å². The van der Waals surface area contributed by atoms with Gasteiger partial charge in [0.1, 0.15) is 5.75 Å². The van der Waals surface area contributed by atoms with Gasteiger partial charge in [-0.15, -0.1) is 0 Å². The van der Waals surface area contributed by atoms with E-state index in [4.69, 9.17) is 9.84 Å². The summed E-state index contributed by atoms with van der Waals surface area (Å²) in [5.74, 6) is -0.711. The first kappa shape index (κ1) is 19.7. The summed E-state index contributed by atoms with van der Waals surface area (Å²) in [5, 5.41) is 9.37. The van der Waals surface area contributed by atoms with Crippen molar-refractivity contribution in [3.05, 3.63) is 65.1 Å². The summed E-state index contributed by atoms with van der Waals surface area (Å²) in [6.07, 6.45) is 1.77. The summed E-state index contributed by atoms with van der Waals surface area (Å²) in [7, 11) is 0. The lowest BCUT2D eigenvalue weighted by Crippen LogP contribution is -2.35. The summed E-state index contributed by atoms with van der Waals surface area (Å²) < 4.78 is 5.20. The second kappa shape index (κ2) is 8.75. The van der Waals surface area contributed by atoms with Gasteiger partial charge in [0, 0.05) is 6.04 Å². The second-order valence-corrected chi connectivity index (χ2v) is 7.37. The first-order chi connectivity index (χ1) is 13.4. The standard InChI is InChI=1S/C21H20N2O4S/c1-14(2)23-20(26)18(28-21(23)22-16-8-4-3-5-9-16)12-15-7-6-10-17(11-15)27-13-19(24)25/h3-12,14H,13H2,1-2H3,(H,24,25)/b18-12+,22-21?. The van der Waals surface area contributed by atoms with Gasteiger partial charge in [-0.3, -0.25) is 9.69 Å². The van der Waals surface area contributed by atoms with E-state index in [0.717, 1.165) is 11.3 Å². The van der Waals surface area contributed by atoms with E-state index in [1.54, 1.807) is 29.2 Å². The van der Waals surface area contributed by atoms with E-state index in [0.29, 0.717) is 15.8 Å². The van der Waals surface area contributed by atoms with Crippen LogP contribution >= 0.6 is 11.8 Å². The van der Waals surface area contributed by atoms with E-state index in [1.165, 1.54) is 11.8 Å². The third kappa shape index (κ3) is 4.80. The first-order valence-corrected chi connectivity index (χ1v) is 9.57. The Bertz CT molecular complexity index is 938. The van der Waals surface area contributed by atoms with Crippen LogP contribution in [0, 0.1) is 0 Å². The molecule has 1 saturated heterocycles. The van der Waals surface area contributed by atoms with Crippen molar-refractivity contribution in [3.63, 3.8) is 0 Å². The number of benzene rings is 2. The number of rotatable bonds is 6. The number of para-hydroxylation sites is 1. The van der Waals surface area contributed by atoms with Gasteiger partial charge < -0.3 is 9.84 Å². The van der Waals surface area contributed by atoms with Gasteiger partial charge in [0.2, 0.25) is 0 Å². The van der Waals surface area contributed by atoms with Crippen molar-refractivity contribution in [1.82, 2.24) is 4.90 Å². The van der Waals surface area contributed by atoms with E-state index in [2.05, 4.69) is 4.99 Å². The Morgan fingerprint density at radius 2 is 1.96 bits per heavy atom. The molecule has 0 aromatic heterocycles. The van der Waals surface area contributed by atoms with E-state index in [9.17, 15) is 9.59 Å². The highest BCUT2D eigenvalue weighted by Crippen LogP contribution is 2.35. The van der Waals surface area contributed by atoms with Crippen LogP contribution in [-0.4, -0.2) is 39.7 Å². The molecular weight excluding hydrogens is 376 g/mol. The average molecular weight is 396 g/mol. The number of amides is 1. The molecule has 28 heavy (non-hydrogen) atoms. The van der Waals surface area contributed by atoms with Gasteiger partial charge >= 0.3 is 5.97 Å². The Kier molecular flexibility index (Phi) is 6.16. The van der Waals surface area contributed by atoms with Gasteiger partial charge in [-0.05, 0) is 61.5 Å². The van der Waals surface area contributed by atoms with Crippen LogP contribution in [0.4, 0.5) is 5.69 Å². The van der Waals surface area contributed by atoms with Gasteiger partial charge in [-0.25, -0.2) is 9.79 Å². The van der Waals surface area contributed by atoms with Gasteiger partial charge in [-0.2, -0.15) is 0 Å². The zero-order chi connectivity index (χ0) is 20.1. The number of hydrogen-bond donors (Lipinski definition) is 1. The minimum Gasteiger partial charge on any atom is -0.482 e. The Balaban J connectivity index is 1.88. The van der Waals surface area contributed by atoms with Crippen LogP contribution in [0.2, 0.25) is 0 Å². The molecule has 1 heterocycles. The van der Waals surface area contributed by atoms with Gasteiger partial charge in [-0.1, -0.05) is 30.3 Å². The number of ether oxygens (including phenoxy) is 1. The minimum absolute atomic E-state index is 0.0291. The lowest BCUT2D eigenvalue weighted by atomic mass is 10.2. The summed E-state index contributed by atoms with van der Waals surface area (Å²) >= 11 is 1.32. The van der Waals surface area contributed by atoms with Gasteiger partial charge in [0.25, 0.3) is 5.91 Å². The Morgan fingerprint density at radius 1 is 1.21 bits per heavy atom. The number of hydrogen-bond acceptors (Lipinski definition) is 5. The number of carbonyl (C=O) groups excluding carboxylic acids is 1. The molecule has 0 atom stereocenters. The van der Waals surface area contributed by atoms with E-state index in [-0.39, 0.29) is 11.9 Å². The fraction of sp³-hybridized carbons (Fsp3) is 0.190. The zero-order valence-electron chi connectivity index (χ0n) is 15.5. The molecular formula is C21H20N2O4S. The normalized spacial score (nSPS) is 17.0. The van der Waals surface area contributed by atoms with Crippen molar-refractivity contribution >= 4 is 40.6 Å². The number of aliphatic imine (C=N–C) groups is 1. The highest BCUT2D eigenvalue weighted by Gasteiger charge is 2.35. The van der Waals surface area contributed by atoms with E-state index in [1.807, 2.05) is 50.2 Å². The molecule has 0 bridgehead atoms. The minimum atomic E-state index is -1.04. The van der Waals surface area contributed by atoms with Crippen molar-refractivity contribution in [3.8, 4) is 5.75 Å². The monoisotopic (exact) mass is 396 g/mol. The second-order valence-electron chi connectivity index (χ2n) is 6.36. The largest absolute Gasteiger partial charge is 0.482 e. The smallest absolute Gasteiger partial charge is 0.341 e. The molecule has 0 spiro atoms. The maximum Gasteiger partial charge on any atom is 0.341 e. The van der Waals surface area contributed by atoms with Crippen molar-refractivity contribution in [2.24, 2.45) is 4.99 Å². The third-order valence-electron chi connectivity index (χ3n) is 3.85. The van der Waals surface area contributed by atoms with Crippen molar-refractivity contribution in [2.45, 2.75) is 19.9 Å². The number of amidine groups is 1. The lowest BCUT2D eigenvalue weighted by molar-refractivity contribution is -0.139. The number of thioether (sulfide) groups is 1. The number of carboxylic acid groups (broad SMARTS) is 1. The first-order valence-electron chi connectivity index (χ1n) is 8.75. The fourth-order valence-electron chi connectivity index (χ4n) is 2.62. The number of nitrogens with zero attached hydrogens (tertiary/aromatic N) is 2. The number of carbonyl (C=O) groups is 2. The molecule has 1 aliphatic heterocycles. The molecule has 0 saturated carbocycles. The predicted molar refractivity (Wildman–Crippen MR) is 111 cm³/mol. The lowest BCUT2D eigenvalue weighted by Gasteiger charge is -2.19. The van der Waals surface area contributed by atoms with Crippen molar-refractivity contribution in [2.75, 3.05) is 6.61 Å². The van der Waals surface area contributed by atoms with Crippen LogP contribution in [-0.2, 0) is 9.59 Å². The van der Waals surface area contributed by atoms with Gasteiger partial charge in [0.05, 0.1) is 10.6 Å².